The first-order chi connectivity index (χ1) is 12.2. The Morgan fingerprint density at radius 1 is 1.20 bits per heavy atom. The van der Waals surface area contributed by atoms with E-state index >= 15 is 0 Å². The van der Waals surface area contributed by atoms with Gasteiger partial charge in [0.25, 0.3) is 0 Å². The zero-order valence-electron chi connectivity index (χ0n) is 13.9. The Morgan fingerprint density at radius 3 is 2.72 bits per heavy atom. The summed E-state index contributed by atoms with van der Waals surface area (Å²) < 4.78 is 5.38. The molecule has 3 aliphatic heterocycles. The Morgan fingerprint density at radius 2 is 2.04 bits per heavy atom. The van der Waals surface area contributed by atoms with Crippen LogP contribution in [0, 0.1) is 0 Å². The van der Waals surface area contributed by atoms with Crippen LogP contribution >= 0.6 is 11.6 Å². The van der Waals surface area contributed by atoms with Gasteiger partial charge in [0.05, 0.1) is 19.3 Å². The number of aliphatic hydroxyl groups excluding tert-OH is 1. The van der Waals surface area contributed by atoms with E-state index in [1.165, 1.54) is 0 Å². The lowest BCUT2D eigenvalue weighted by atomic mass is 10.1. The van der Waals surface area contributed by atoms with Gasteiger partial charge in [-0.05, 0) is 35.7 Å². The smallest absolute Gasteiger partial charge is 0.197 e. The maximum Gasteiger partial charge on any atom is 0.197 e. The van der Waals surface area contributed by atoms with Crippen LogP contribution in [0.1, 0.15) is 18.0 Å². The number of hydrogen-bond acceptors (Lipinski definition) is 7. The van der Waals surface area contributed by atoms with Crippen molar-refractivity contribution in [3.8, 4) is 0 Å². The van der Waals surface area contributed by atoms with Gasteiger partial charge < -0.3 is 25.0 Å². The van der Waals surface area contributed by atoms with Crippen molar-refractivity contribution in [2.75, 3.05) is 44.3 Å². The van der Waals surface area contributed by atoms with Gasteiger partial charge in [-0.25, -0.2) is 9.98 Å². The van der Waals surface area contributed by atoms with Crippen molar-refractivity contribution in [2.45, 2.75) is 18.6 Å². The third-order valence-corrected chi connectivity index (χ3v) is 4.94. The number of aliphatic hydroxyl groups is 1. The predicted octanol–water partition coefficient (Wildman–Crippen LogP) is 1.07. The molecule has 4 rings (SSSR count). The molecular formula is C17H22ClN5O2. The Labute approximate surface area is 151 Å². The summed E-state index contributed by atoms with van der Waals surface area (Å²) in [6, 6.07) is 3.90. The van der Waals surface area contributed by atoms with Gasteiger partial charge in [0.15, 0.2) is 5.29 Å². The van der Waals surface area contributed by atoms with Crippen LogP contribution in [0.4, 0.5) is 5.82 Å². The van der Waals surface area contributed by atoms with Crippen molar-refractivity contribution in [1.29, 1.82) is 0 Å². The van der Waals surface area contributed by atoms with Gasteiger partial charge >= 0.3 is 0 Å². The first-order valence-corrected chi connectivity index (χ1v) is 9.00. The zero-order chi connectivity index (χ0) is 17.2. The number of ether oxygens (including phenoxy) is 1. The largest absolute Gasteiger partial charge is 0.391 e. The van der Waals surface area contributed by atoms with Gasteiger partial charge in [-0.1, -0.05) is 6.07 Å². The number of aliphatic imine (C=N–C) groups is 1. The fraction of sp³-hybridized carbons (Fsp3) is 0.529. The normalized spacial score (nSPS) is 27.0. The SMILES string of the molecule is O[C@H]1CCN(C2=CC(c3ccc(N4CCOCC4)nc3)N=C(Cl)N2)C1. The number of amidine groups is 1. The molecular weight excluding hydrogens is 342 g/mol. The van der Waals surface area contributed by atoms with Crippen molar-refractivity contribution in [3.63, 3.8) is 0 Å². The van der Waals surface area contributed by atoms with Crippen molar-refractivity contribution in [3.05, 3.63) is 35.8 Å². The molecule has 2 atom stereocenters. The molecule has 7 nitrogen and oxygen atoms in total. The number of likely N-dealkylation sites (tertiary alicyclic amines) is 1. The number of rotatable bonds is 3. The lowest BCUT2D eigenvalue weighted by Gasteiger charge is -2.28. The number of halogens is 1. The Bertz CT molecular complexity index is 672. The van der Waals surface area contributed by atoms with E-state index in [2.05, 4.69) is 31.2 Å². The Hall–Kier alpha value is -1.83. The maximum absolute atomic E-state index is 9.75. The number of β-amino-alcohol motifs (C(OH)–C–C–N with tert-alkyl or cyclic N) is 1. The summed E-state index contributed by atoms with van der Waals surface area (Å²) in [5.74, 6) is 1.86. The zero-order valence-corrected chi connectivity index (χ0v) is 14.7. The molecule has 3 aliphatic rings. The first kappa shape index (κ1) is 16.6. The van der Waals surface area contributed by atoms with Crippen LogP contribution in [-0.4, -0.2) is 65.8 Å². The van der Waals surface area contributed by atoms with Crippen LogP contribution < -0.4 is 10.2 Å². The maximum atomic E-state index is 9.75. The molecule has 4 heterocycles. The average Bonchev–Trinajstić information content (AvgIpc) is 3.09. The second-order valence-corrected chi connectivity index (χ2v) is 6.84. The van der Waals surface area contributed by atoms with Crippen LogP contribution in [0.5, 0.6) is 0 Å². The monoisotopic (exact) mass is 363 g/mol. The molecule has 0 aromatic carbocycles. The summed E-state index contributed by atoms with van der Waals surface area (Å²) in [7, 11) is 0. The van der Waals surface area contributed by atoms with E-state index in [0.717, 1.165) is 56.5 Å². The lowest BCUT2D eigenvalue weighted by molar-refractivity contribution is 0.122. The predicted molar refractivity (Wildman–Crippen MR) is 96.7 cm³/mol. The van der Waals surface area contributed by atoms with Crippen molar-refractivity contribution >= 4 is 22.7 Å². The fourth-order valence-corrected chi connectivity index (χ4v) is 3.56. The van der Waals surface area contributed by atoms with Crippen molar-refractivity contribution < 1.29 is 9.84 Å². The molecule has 2 saturated heterocycles. The van der Waals surface area contributed by atoms with Gasteiger partial charge in [-0.2, -0.15) is 0 Å². The Balaban J connectivity index is 1.51. The summed E-state index contributed by atoms with van der Waals surface area (Å²) in [5, 5.41) is 13.2. The molecule has 1 aromatic heterocycles. The van der Waals surface area contributed by atoms with Crippen LogP contribution in [-0.2, 0) is 4.74 Å². The van der Waals surface area contributed by atoms with E-state index < -0.39 is 0 Å². The van der Waals surface area contributed by atoms with Crippen LogP contribution in [0.3, 0.4) is 0 Å². The topological polar surface area (TPSA) is 73.2 Å². The fourth-order valence-electron chi connectivity index (χ4n) is 3.36. The van der Waals surface area contributed by atoms with Crippen LogP contribution in [0.25, 0.3) is 0 Å². The second kappa shape index (κ2) is 7.19. The number of aromatic nitrogens is 1. The number of nitrogens with one attached hydrogen (secondary N) is 1. The molecule has 1 aromatic rings. The summed E-state index contributed by atoms with van der Waals surface area (Å²) >= 11 is 6.19. The number of anilines is 1. The molecule has 134 valence electrons. The molecule has 0 spiro atoms. The molecule has 0 bridgehead atoms. The minimum absolute atomic E-state index is 0.173. The number of hydrogen-bond donors (Lipinski definition) is 2. The minimum Gasteiger partial charge on any atom is -0.391 e. The molecule has 0 aliphatic carbocycles. The highest BCUT2D eigenvalue weighted by molar-refractivity contribution is 6.65. The molecule has 0 amide bonds. The van der Waals surface area contributed by atoms with Gasteiger partial charge in [0, 0.05) is 32.4 Å². The number of nitrogens with zero attached hydrogens (tertiary/aromatic N) is 4. The summed E-state index contributed by atoms with van der Waals surface area (Å²) in [6.07, 6.45) is 4.39. The quantitative estimate of drug-likeness (QED) is 0.782. The molecule has 2 N–H and O–H groups in total. The molecule has 25 heavy (non-hydrogen) atoms. The van der Waals surface area contributed by atoms with Crippen LogP contribution in [0.2, 0.25) is 0 Å². The van der Waals surface area contributed by atoms with Gasteiger partial charge in [0.2, 0.25) is 0 Å². The molecule has 2 fully saturated rings. The highest BCUT2D eigenvalue weighted by atomic mass is 35.5. The van der Waals surface area contributed by atoms with Gasteiger partial charge in [-0.15, -0.1) is 0 Å². The molecule has 0 radical (unpaired) electrons. The van der Waals surface area contributed by atoms with E-state index in [9.17, 15) is 5.11 Å². The highest BCUT2D eigenvalue weighted by Crippen LogP contribution is 2.27. The van der Waals surface area contributed by atoms with E-state index in [4.69, 9.17) is 16.3 Å². The van der Waals surface area contributed by atoms with E-state index in [1.807, 2.05) is 18.3 Å². The van der Waals surface area contributed by atoms with Crippen LogP contribution in [0.15, 0.2) is 35.2 Å². The summed E-state index contributed by atoms with van der Waals surface area (Å²) in [4.78, 5) is 13.4. The first-order valence-electron chi connectivity index (χ1n) is 8.63. The third-order valence-electron chi connectivity index (χ3n) is 4.75. The van der Waals surface area contributed by atoms with Gasteiger partial charge in [-0.3, -0.25) is 0 Å². The van der Waals surface area contributed by atoms with Gasteiger partial charge in [0.1, 0.15) is 17.7 Å². The van der Waals surface area contributed by atoms with Crippen molar-refractivity contribution in [1.82, 2.24) is 15.2 Å². The lowest BCUT2D eigenvalue weighted by Crippen LogP contribution is -2.36. The second-order valence-electron chi connectivity index (χ2n) is 6.48. The third kappa shape index (κ3) is 3.73. The van der Waals surface area contributed by atoms with E-state index in [-0.39, 0.29) is 12.1 Å². The highest BCUT2D eigenvalue weighted by Gasteiger charge is 2.26. The van der Waals surface area contributed by atoms with E-state index in [0.29, 0.717) is 11.8 Å². The standard InChI is InChI=1S/C17H22ClN5O2/c18-17-20-14(9-16(21-17)23-4-3-13(24)11-23)12-1-2-15(19-10-12)22-5-7-25-8-6-22/h1-2,9-10,13-14,24H,3-8,11H2,(H,20,21)/t13-,14?/m0/s1. The summed E-state index contributed by atoms with van der Waals surface area (Å²) in [5.41, 5.74) is 0.994. The summed E-state index contributed by atoms with van der Waals surface area (Å²) in [6.45, 7) is 4.64. The minimum atomic E-state index is -0.284. The Kier molecular flexibility index (Phi) is 4.78. The molecule has 8 heteroatoms. The van der Waals surface area contributed by atoms with E-state index in [1.54, 1.807) is 0 Å². The average molecular weight is 364 g/mol. The molecule has 0 saturated carbocycles. The number of morpholine rings is 1. The molecule has 1 unspecified atom stereocenters. The van der Waals surface area contributed by atoms with Crippen molar-refractivity contribution in [2.24, 2.45) is 4.99 Å². The number of pyridine rings is 1.